The summed E-state index contributed by atoms with van der Waals surface area (Å²) in [6, 6.07) is 0. The Bertz CT molecular complexity index is 1220. The number of ketones is 1. The highest BCUT2D eigenvalue weighted by Crippen LogP contribution is 2.30. The lowest BCUT2D eigenvalue weighted by atomic mass is 9.87. The second-order valence-electron chi connectivity index (χ2n) is 14.9. The minimum atomic E-state index is -1.62. The summed E-state index contributed by atoms with van der Waals surface area (Å²) in [4.78, 5) is 37.6. The van der Waals surface area contributed by atoms with E-state index in [1.807, 2.05) is 6.08 Å². The monoisotopic (exact) mass is 789 g/mol. The van der Waals surface area contributed by atoms with Gasteiger partial charge >= 0.3 is 11.9 Å². The van der Waals surface area contributed by atoms with Crippen molar-refractivity contribution in [1.29, 1.82) is 0 Å². The summed E-state index contributed by atoms with van der Waals surface area (Å²) in [6.45, 7) is 3.04. The van der Waals surface area contributed by atoms with Gasteiger partial charge in [-0.1, -0.05) is 113 Å². The predicted molar refractivity (Wildman–Crippen MR) is 217 cm³/mol. The molecule has 2 rings (SSSR count). The van der Waals surface area contributed by atoms with E-state index in [1.165, 1.54) is 0 Å². The van der Waals surface area contributed by atoms with Gasteiger partial charge in [-0.3, -0.25) is 14.4 Å². The van der Waals surface area contributed by atoms with Gasteiger partial charge in [0.15, 0.2) is 18.2 Å². The van der Waals surface area contributed by atoms with Crippen LogP contribution < -0.4 is 0 Å². The van der Waals surface area contributed by atoms with E-state index in [-0.39, 0.29) is 43.7 Å². The Morgan fingerprint density at radius 1 is 0.732 bits per heavy atom. The number of aliphatic hydroxyl groups is 4. The average molecular weight is 789 g/mol. The van der Waals surface area contributed by atoms with Crippen LogP contribution in [0, 0.1) is 11.8 Å². The number of allylic oxidation sites excluding steroid dienone is 10. The summed E-state index contributed by atoms with van der Waals surface area (Å²) in [5.74, 6) is -0.340. The fourth-order valence-electron chi connectivity index (χ4n) is 6.78. The predicted octanol–water partition coefficient (Wildman–Crippen LogP) is 7.31. The summed E-state index contributed by atoms with van der Waals surface area (Å²) in [5.41, 5.74) is 0. The van der Waals surface area contributed by atoms with Crippen LogP contribution in [0.2, 0.25) is 0 Å². The minimum absolute atomic E-state index is 0.0497. The second kappa shape index (κ2) is 31.1. The Labute approximate surface area is 335 Å². The molecule has 8 unspecified atom stereocenters. The fourth-order valence-corrected chi connectivity index (χ4v) is 6.78. The van der Waals surface area contributed by atoms with Crippen molar-refractivity contribution >= 4 is 17.7 Å². The lowest BCUT2D eigenvalue weighted by molar-refractivity contribution is -0.305. The van der Waals surface area contributed by atoms with Crippen molar-refractivity contribution in [3.8, 4) is 0 Å². The second-order valence-corrected chi connectivity index (χ2v) is 14.9. The van der Waals surface area contributed by atoms with Crippen LogP contribution in [0.15, 0.2) is 60.8 Å². The molecule has 0 radical (unpaired) electrons. The molecule has 0 aromatic carbocycles. The van der Waals surface area contributed by atoms with Gasteiger partial charge in [0.2, 0.25) is 0 Å². The molecule has 1 aliphatic heterocycles. The third-order valence-electron chi connectivity index (χ3n) is 10.2. The van der Waals surface area contributed by atoms with Crippen molar-refractivity contribution in [3.63, 3.8) is 0 Å². The van der Waals surface area contributed by atoms with Gasteiger partial charge in [-0.05, 0) is 76.2 Å². The van der Waals surface area contributed by atoms with Gasteiger partial charge in [0.25, 0.3) is 0 Å². The molecule has 1 saturated heterocycles. The molecule has 1 aliphatic carbocycles. The number of carbonyl (C=O) groups excluding carboxylic acids is 3. The van der Waals surface area contributed by atoms with E-state index in [9.17, 15) is 34.8 Å². The van der Waals surface area contributed by atoms with Crippen LogP contribution in [0.5, 0.6) is 0 Å². The highest BCUT2D eigenvalue weighted by Gasteiger charge is 2.44. The first-order valence-corrected chi connectivity index (χ1v) is 21.3. The fraction of sp³-hybridized carbons (Fsp3) is 0.711. The van der Waals surface area contributed by atoms with Gasteiger partial charge < -0.3 is 39.4 Å². The molecule has 318 valence electrons. The Balaban J connectivity index is 1.71. The number of ether oxygens (including phenoxy) is 4. The standard InChI is InChI=1S/C45H72O11/c1-3-5-7-8-9-10-11-12-13-14-15-16-17-20-24-28-40(48)53-33-36(34-54-45-44(52)43(51)42(50)39(32-46)56-45)55-41(49)29-25-21-18-19-23-26-35-30-31-38(47)37(35)27-22-6-4-2/h5-7,9-10,12-13,22,30-31,35-37,39,42-46,50-52H,3-4,8,11,14-21,23-29,32-34H2,1-2H3. The summed E-state index contributed by atoms with van der Waals surface area (Å²) >= 11 is 0. The normalized spacial score (nSPS) is 24.7. The summed E-state index contributed by atoms with van der Waals surface area (Å²) in [6.07, 6.45) is 29.2. The number of carbonyl (C=O) groups is 3. The van der Waals surface area contributed by atoms with Crippen molar-refractivity contribution < 1.29 is 53.8 Å². The molecule has 0 aromatic heterocycles. The Kier molecular flexibility index (Phi) is 27.3. The van der Waals surface area contributed by atoms with Crippen molar-refractivity contribution in [2.75, 3.05) is 19.8 Å². The highest BCUT2D eigenvalue weighted by molar-refractivity contribution is 5.94. The van der Waals surface area contributed by atoms with Crippen LogP contribution in [-0.2, 0) is 33.3 Å². The Morgan fingerprint density at radius 2 is 1.34 bits per heavy atom. The number of aliphatic hydroxyl groups excluding tert-OH is 4. The third-order valence-corrected chi connectivity index (χ3v) is 10.2. The molecular formula is C45H72O11. The van der Waals surface area contributed by atoms with Crippen LogP contribution in [-0.4, -0.2) is 94.8 Å². The van der Waals surface area contributed by atoms with E-state index >= 15 is 0 Å². The van der Waals surface area contributed by atoms with E-state index in [0.29, 0.717) is 12.8 Å². The van der Waals surface area contributed by atoms with Gasteiger partial charge in [-0.15, -0.1) is 0 Å². The molecule has 1 heterocycles. The highest BCUT2D eigenvalue weighted by atomic mass is 16.7. The molecule has 2 aliphatic rings. The van der Waals surface area contributed by atoms with E-state index in [4.69, 9.17) is 18.9 Å². The molecule has 0 saturated carbocycles. The van der Waals surface area contributed by atoms with Crippen LogP contribution >= 0.6 is 0 Å². The van der Waals surface area contributed by atoms with Crippen LogP contribution in [0.4, 0.5) is 0 Å². The quantitative estimate of drug-likeness (QED) is 0.0316. The molecular weight excluding hydrogens is 716 g/mol. The number of hydrogen-bond acceptors (Lipinski definition) is 11. The van der Waals surface area contributed by atoms with Crippen molar-refractivity contribution in [2.45, 2.75) is 173 Å². The summed E-state index contributed by atoms with van der Waals surface area (Å²) < 4.78 is 22.1. The minimum Gasteiger partial charge on any atom is -0.462 e. The van der Waals surface area contributed by atoms with Gasteiger partial charge in [0, 0.05) is 18.8 Å². The van der Waals surface area contributed by atoms with E-state index < -0.39 is 55.4 Å². The molecule has 0 bridgehead atoms. The summed E-state index contributed by atoms with van der Waals surface area (Å²) in [7, 11) is 0. The summed E-state index contributed by atoms with van der Waals surface area (Å²) in [5, 5.41) is 40.1. The molecule has 0 aromatic rings. The molecule has 0 spiro atoms. The molecule has 11 heteroatoms. The number of unbranched alkanes of at least 4 members (excludes halogenated alkanes) is 9. The maximum absolute atomic E-state index is 12.8. The first-order chi connectivity index (χ1) is 27.2. The largest absolute Gasteiger partial charge is 0.462 e. The number of rotatable bonds is 31. The molecule has 8 atom stereocenters. The van der Waals surface area contributed by atoms with Crippen LogP contribution in [0.3, 0.4) is 0 Å². The van der Waals surface area contributed by atoms with Gasteiger partial charge in [-0.2, -0.15) is 0 Å². The van der Waals surface area contributed by atoms with Crippen LogP contribution in [0.25, 0.3) is 0 Å². The Morgan fingerprint density at radius 3 is 2.04 bits per heavy atom. The third kappa shape index (κ3) is 21.0. The lowest BCUT2D eigenvalue weighted by Crippen LogP contribution is -2.59. The lowest BCUT2D eigenvalue weighted by Gasteiger charge is -2.39. The van der Waals surface area contributed by atoms with Gasteiger partial charge in [-0.25, -0.2) is 0 Å². The average Bonchev–Trinajstić information content (AvgIpc) is 3.54. The molecule has 4 N–H and O–H groups in total. The maximum Gasteiger partial charge on any atom is 0.306 e. The van der Waals surface area contributed by atoms with Gasteiger partial charge in [0.05, 0.1) is 13.2 Å². The van der Waals surface area contributed by atoms with E-state index in [2.05, 4.69) is 62.5 Å². The first-order valence-electron chi connectivity index (χ1n) is 21.3. The molecule has 1 fully saturated rings. The van der Waals surface area contributed by atoms with E-state index in [1.54, 1.807) is 6.08 Å². The zero-order chi connectivity index (χ0) is 40.8. The van der Waals surface area contributed by atoms with Gasteiger partial charge in [0.1, 0.15) is 31.0 Å². The topological polar surface area (TPSA) is 169 Å². The molecule has 0 amide bonds. The molecule has 11 nitrogen and oxygen atoms in total. The smallest absolute Gasteiger partial charge is 0.306 e. The zero-order valence-corrected chi connectivity index (χ0v) is 34.1. The first kappa shape index (κ1) is 49.2. The number of hydrogen-bond donors (Lipinski definition) is 4. The maximum atomic E-state index is 12.8. The Hall–Kier alpha value is -2.93. The van der Waals surface area contributed by atoms with Crippen molar-refractivity contribution in [3.05, 3.63) is 60.8 Å². The SMILES string of the molecule is CCC=CCC=CCC=CCCCCCCCC(=O)OCC(COC1OC(CO)C(O)C(O)C1O)OC(=O)CCCCCCCC1C=CC(=O)C1CC=CCC. The van der Waals surface area contributed by atoms with Crippen molar-refractivity contribution in [2.24, 2.45) is 11.8 Å². The van der Waals surface area contributed by atoms with Crippen molar-refractivity contribution in [1.82, 2.24) is 0 Å². The number of esters is 2. The van der Waals surface area contributed by atoms with E-state index in [0.717, 1.165) is 96.3 Å². The van der Waals surface area contributed by atoms with Crippen LogP contribution in [0.1, 0.15) is 136 Å². The molecule has 56 heavy (non-hydrogen) atoms. The zero-order valence-electron chi connectivity index (χ0n) is 34.1.